The lowest BCUT2D eigenvalue weighted by Gasteiger charge is -2.36. The fraction of sp³-hybridized carbons (Fsp3) is 0.800. The van der Waals surface area contributed by atoms with E-state index in [1.165, 1.54) is 64.1 Å². The number of nitrogens with zero attached hydrogens (tertiary/aromatic N) is 3. The first-order chi connectivity index (χ1) is 9.33. The molecule has 0 aliphatic carbocycles. The molecule has 1 atom stereocenters. The predicted octanol–water partition coefficient (Wildman–Crippen LogP) is 2.44. The van der Waals surface area contributed by atoms with E-state index in [4.69, 9.17) is 0 Å². The summed E-state index contributed by atoms with van der Waals surface area (Å²) in [6, 6.07) is 2.19. The molecule has 0 bridgehead atoms. The van der Waals surface area contributed by atoms with Crippen LogP contribution in [0.25, 0.3) is 0 Å². The second-order valence-corrected chi connectivity index (χ2v) is 6.17. The Balaban J connectivity index is 0.00000110. The summed E-state index contributed by atoms with van der Waals surface area (Å²) in [6.45, 7) is 6.24. The first kappa shape index (κ1) is 18.8. The topological polar surface area (TPSA) is 33.1 Å². The van der Waals surface area contributed by atoms with Crippen LogP contribution in [0.3, 0.4) is 0 Å². The van der Waals surface area contributed by atoms with Gasteiger partial charge in [-0.3, -0.25) is 4.68 Å². The molecule has 0 amide bonds. The second-order valence-electron chi connectivity index (χ2n) is 6.17. The lowest BCUT2D eigenvalue weighted by molar-refractivity contribution is 0.161. The molecule has 0 spiro atoms. The normalized spacial score (nSPS) is 24.1. The van der Waals surface area contributed by atoms with Crippen LogP contribution in [0.1, 0.15) is 37.3 Å². The second kappa shape index (κ2) is 8.99. The Kier molecular flexibility index (Phi) is 8.03. The standard InChI is InChI=1S/C15H26N4.2ClH/c1-18-15(6-9-17-18)14-3-2-10-19(12-14)11-13-4-7-16-8-5-13;;/h6,9,13-14,16H,2-5,7-8,10-12H2,1H3;2*1H. The van der Waals surface area contributed by atoms with Gasteiger partial charge >= 0.3 is 0 Å². The quantitative estimate of drug-likeness (QED) is 0.921. The fourth-order valence-corrected chi connectivity index (χ4v) is 3.68. The molecule has 6 heteroatoms. The van der Waals surface area contributed by atoms with Crippen molar-refractivity contribution in [3.8, 4) is 0 Å². The molecular formula is C15H28Cl2N4. The summed E-state index contributed by atoms with van der Waals surface area (Å²) in [5.41, 5.74) is 1.41. The van der Waals surface area contributed by atoms with E-state index in [1.807, 2.05) is 6.20 Å². The number of piperidine rings is 2. The summed E-state index contributed by atoms with van der Waals surface area (Å²) < 4.78 is 2.05. The highest BCUT2D eigenvalue weighted by Crippen LogP contribution is 2.27. The largest absolute Gasteiger partial charge is 0.317 e. The minimum Gasteiger partial charge on any atom is -0.317 e. The average Bonchev–Trinajstić information content (AvgIpc) is 2.86. The van der Waals surface area contributed by atoms with Crippen molar-refractivity contribution in [2.45, 2.75) is 31.6 Å². The summed E-state index contributed by atoms with van der Waals surface area (Å²) in [6.07, 6.45) is 7.30. The van der Waals surface area contributed by atoms with Crippen LogP contribution in [0, 0.1) is 5.92 Å². The van der Waals surface area contributed by atoms with Gasteiger partial charge in [-0.2, -0.15) is 5.10 Å². The van der Waals surface area contributed by atoms with Crippen molar-refractivity contribution in [2.75, 3.05) is 32.7 Å². The summed E-state index contributed by atoms with van der Waals surface area (Å²) in [5, 5.41) is 7.78. The molecule has 2 aliphatic rings. The highest BCUT2D eigenvalue weighted by molar-refractivity contribution is 5.85. The Morgan fingerprint density at radius 1 is 1.24 bits per heavy atom. The van der Waals surface area contributed by atoms with Crippen LogP contribution in [0.15, 0.2) is 12.3 Å². The van der Waals surface area contributed by atoms with Crippen molar-refractivity contribution in [1.29, 1.82) is 0 Å². The van der Waals surface area contributed by atoms with E-state index in [0.717, 1.165) is 5.92 Å². The van der Waals surface area contributed by atoms with Gasteiger partial charge in [-0.25, -0.2) is 0 Å². The van der Waals surface area contributed by atoms with Gasteiger partial charge in [0.2, 0.25) is 0 Å². The van der Waals surface area contributed by atoms with Gasteiger partial charge in [0, 0.05) is 37.9 Å². The third kappa shape index (κ3) is 4.85. The fourth-order valence-electron chi connectivity index (χ4n) is 3.68. The summed E-state index contributed by atoms with van der Waals surface area (Å²) in [4.78, 5) is 2.69. The van der Waals surface area contributed by atoms with E-state index >= 15 is 0 Å². The number of hydrogen-bond acceptors (Lipinski definition) is 3. The summed E-state index contributed by atoms with van der Waals surface area (Å²) >= 11 is 0. The zero-order chi connectivity index (χ0) is 13.1. The van der Waals surface area contributed by atoms with Gasteiger partial charge in [0.1, 0.15) is 0 Å². The molecule has 1 aromatic rings. The van der Waals surface area contributed by atoms with E-state index in [2.05, 4.69) is 33.1 Å². The summed E-state index contributed by atoms with van der Waals surface area (Å²) in [5.74, 6) is 1.59. The van der Waals surface area contributed by atoms with Crippen LogP contribution >= 0.6 is 24.8 Å². The van der Waals surface area contributed by atoms with Crippen molar-refractivity contribution < 1.29 is 0 Å². The minimum absolute atomic E-state index is 0. The van der Waals surface area contributed by atoms with E-state index < -0.39 is 0 Å². The highest BCUT2D eigenvalue weighted by atomic mass is 35.5. The first-order valence-electron chi connectivity index (χ1n) is 7.74. The van der Waals surface area contributed by atoms with Gasteiger partial charge in [-0.1, -0.05) is 0 Å². The van der Waals surface area contributed by atoms with Gasteiger partial charge in [-0.15, -0.1) is 24.8 Å². The average molecular weight is 335 g/mol. The molecule has 1 N–H and O–H groups in total. The molecule has 1 aromatic heterocycles. The van der Waals surface area contributed by atoms with Crippen LogP contribution in [0.4, 0.5) is 0 Å². The molecule has 3 rings (SSSR count). The van der Waals surface area contributed by atoms with E-state index in [9.17, 15) is 0 Å². The molecule has 2 saturated heterocycles. The SMILES string of the molecule is Cl.Cl.Cn1nccc1C1CCCN(CC2CCNCC2)C1. The Bertz CT molecular complexity index is 404. The van der Waals surface area contributed by atoms with Crippen molar-refractivity contribution in [2.24, 2.45) is 13.0 Å². The Morgan fingerprint density at radius 3 is 2.67 bits per heavy atom. The molecule has 2 aliphatic heterocycles. The lowest BCUT2D eigenvalue weighted by atomic mass is 9.92. The van der Waals surface area contributed by atoms with Crippen molar-refractivity contribution in [3.05, 3.63) is 18.0 Å². The number of rotatable bonds is 3. The third-order valence-corrected chi connectivity index (χ3v) is 4.76. The molecule has 1 unspecified atom stereocenters. The number of likely N-dealkylation sites (tertiary alicyclic amines) is 1. The maximum atomic E-state index is 4.32. The molecule has 122 valence electrons. The van der Waals surface area contributed by atoms with Crippen molar-refractivity contribution >= 4 is 24.8 Å². The first-order valence-corrected chi connectivity index (χ1v) is 7.74. The van der Waals surface area contributed by atoms with Gasteiger partial charge in [0.25, 0.3) is 0 Å². The molecule has 21 heavy (non-hydrogen) atoms. The maximum Gasteiger partial charge on any atom is 0.0492 e. The van der Waals surface area contributed by atoms with Gasteiger partial charge in [-0.05, 0) is 57.3 Å². The number of hydrogen-bond donors (Lipinski definition) is 1. The zero-order valence-electron chi connectivity index (χ0n) is 12.8. The monoisotopic (exact) mass is 334 g/mol. The molecule has 3 heterocycles. The van der Waals surface area contributed by atoms with E-state index in [-0.39, 0.29) is 24.8 Å². The Hall–Kier alpha value is -0.290. The molecule has 2 fully saturated rings. The van der Waals surface area contributed by atoms with E-state index in [1.54, 1.807) is 0 Å². The Morgan fingerprint density at radius 2 is 2.00 bits per heavy atom. The van der Waals surface area contributed by atoms with Gasteiger partial charge in [0.15, 0.2) is 0 Å². The molecule has 0 saturated carbocycles. The Labute approximate surface area is 140 Å². The van der Waals surface area contributed by atoms with Crippen LogP contribution in [-0.2, 0) is 7.05 Å². The maximum absolute atomic E-state index is 4.32. The van der Waals surface area contributed by atoms with E-state index in [0.29, 0.717) is 5.92 Å². The smallest absolute Gasteiger partial charge is 0.0492 e. The number of aromatic nitrogens is 2. The molecule has 0 aromatic carbocycles. The van der Waals surface area contributed by atoms with Gasteiger partial charge < -0.3 is 10.2 Å². The predicted molar refractivity (Wildman–Crippen MR) is 91.7 cm³/mol. The third-order valence-electron chi connectivity index (χ3n) is 4.76. The molecule has 0 radical (unpaired) electrons. The van der Waals surface area contributed by atoms with Crippen LogP contribution < -0.4 is 5.32 Å². The van der Waals surface area contributed by atoms with Crippen molar-refractivity contribution in [3.63, 3.8) is 0 Å². The minimum atomic E-state index is 0. The summed E-state index contributed by atoms with van der Waals surface area (Å²) in [7, 11) is 2.07. The van der Waals surface area contributed by atoms with Crippen LogP contribution in [-0.4, -0.2) is 47.4 Å². The van der Waals surface area contributed by atoms with Gasteiger partial charge in [0.05, 0.1) is 0 Å². The van der Waals surface area contributed by atoms with Crippen molar-refractivity contribution in [1.82, 2.24) is 20.0 Å². The number of aryl methyl sites for hydroxylation is 1. The van der Waals surface area contributed by atoms with Crippen LogP contribution in [0.2, 0.25) is 0 Å². The lowest BCUT2D eigenvalue weighted by Crippen LogP contribution is -2.41. The number of nitrogens with one attached hydrogen (secondary N) is 1. The molecule has 4 nitrogen and oxygen atoms in total. The number of halogens is 2. The zero-order valence-corrected chi connectivity index (χ0v) is 14.5. The molecular weight excluding hydrogens is 307 g/mol. The highest BCUT2D eigenvalue weighted by Gasteiger charge is 2.25. The van der Waals surface area contributed by atoms with Crippen LogP contribution in [0.5, 0.6) is 0 Å².